The largest absolute Gasteiger partial charge is 1.00 e. The summed E-state index contributed by atoms with van der Waals surface area (Å²) >= 11 is 0. The Kier molecular flexibility index (Phi) is 5.29. The van der Waals surface area contributed by atoms with Crippen molar-refractivity contribution in [2.45, 2.75) is 13.0 Å². The molecule has 0 heterocycles. The normalized spacial score (nSPS) is 11.2. The fourth-order valence-electron chi connectivity index (χ4n) is 0.754. The maximum Gasteiger partial charge on any atom is 1.00 e. The molecule has 0 radical (unpaired) electrons. The molecule has 3 nitrogen and oxygen atoms in total. The Morgan fingerprint density at radius 3 is 2.46 bits per heavy atom. The molecule has 0 aliphatic heterocycles. The molecule has 0 aromatic heterocycles. The Morgan fingerprint density at radius 1 is 1.46 bits per heavy atom. The first kappa shape index (κ1) is 12.1. The van der Waals surface area contributed by atoms with E-state index in [0.717, 1.165) is 0 Å². The van der Waals surface area contributed by atoms with Gasteiger partial charge in [-0.1, -0.05) is 18.2 Å². The van der Waals surface area contributed by atoms with Crippen LogP contribution in [0.1, 0.15) is 8.35 Å². The van der Waals surface area contributed by atoms with Gasteiger partial charge in [-0.15, -0.1) is 0 Å². The molecule has 0 amide bonds. The summed E-state index contributed by atoms with van der Waals surface area (Å²) in [5.74, 6) is -0.383. The van der Waals surface area contributed by atoms with Gasteiger partial charge in [0, 0.05) is 0 Å². The van der Waals surface area contributed by atoms with Crippen molar-refractivity contribution in [1.29, 1.82) is 0 Å². The number of carboxylic acids is 1. The van der Waals surface area contributed by atoms with Crippen LogP contribution in [0.15, 0.2) is 30.3 Å². The summed E-state index contributed by atoms with van der Waals surface area (Å²) < 4.78 is 5.08. The summed E-state index contributed by atoms with van der Waals surface area (Å²) in [7, 11) is 0. The SMILES string of the molecule is CC(Oc1ccccc1)C(=O)O.[H-].[Li+]. The second-order valence-electron chi connectivity index (χ2n) is 2.41. The van der Waals surface area contributed by atoms with Gasteiger partial charge in [-0.3, -0.25) is 0 Å². The molecule has 66 valence electrons. The Labute approximate surface area is 90.4 Å². The molecule has 4 heteroatoms. The zero-order valence-electron chi connectivity index (χ0n) is 8.73. The average Bonchev–Trinajstić information content (AvgIpc) is 2.06. The topological polar surface area (TPSA) is 46.5 Å². The zero-order chi connectivity index (χ0) is 8.97. The maximum absolute atomic E-state index is 10.4. The van der Waals surface area contributed by atoms with Crippen molar-refractivity contribution in [2.75, 3.05) is 0 Å². The minimum atomic E-state index is -0.959. The van der Waals surface area contributed by atoms with Crippen LogP contribution in [0.4, 0.5) is 0 Å². The first-order valence-corrected chi connectivity index (χ1v) is 3.64. The first-order valence-electron chi connectivity index (χ1n) is 3.64. The number of rotatable bonds is 3. The quantitative estimate of drug-likeness (QED) is 0.576. The van der Waals surface area contributed by atoms with E-state index in [2.05, 4.69) is 0 Å². The van der Waals surface area contributed by atoms with Crippen molar-refractivity contribution < 1.29 is 34.9 Å². The van der Waals surface area contributed by atoms with Crippen LogP contribution >= 0.6 is 0 Å². The molecule has 1 rings (SSSR count). The van der Waals surface area contributed by atoms with Crippen molar-refractivity contribution in [3.8, 4) is 5.75 Å². The minimum absolute atomic E-state index is 0. The van der Waals surface area contributed by atoms with Gasteiger partial charge in [0.05, 0.1) is 0 Å². The molecule has 1 aromatic rings. The second kappa shape index (κ2) is 5.68. The summed E-state index contributed by atoms with van der Waals surface area (Å²) in [5.41, 5.74) is 0. The summed E-state index contributed by atoms with van der Waals surface area (Å²) in [6, 6.07) is 8.88. The summed E-state index contributed by atoms with van der Waals surface area (Å²) in [6.45, 7) is 1.50. The van der Waals surface area contributed by atoms with Crippen LogP contribution in [-0.4, -0.2) is 17.2 Å². The molecule has 0 saturated heterocycles. The molecule has 0 saturated carbocycles. The number of ether oxygens (including phenoxy) is 1. The van der Waals surface area contributed by atoms with Crippen molar-refractivity contribution in [3.05, 3.63) is 30.3 Å². The molecule has 1 aromatic carbocycles. The number of para-hydroxylation sites is 1. The first-order chi connectivity index (χ1) is 5.70. The van der Waals surface area contributed by atoms with Crippen molar-refractivity contribution in [2.24, 2.45) is 0 Å². The van der Waals surface area contributed by atoms with Crippen LogP contribution < -0.4 is 23.6 Å². The molecule has 0 aliphatic rings. The van der Waals surface area contributed by atoms with Crippen LogP contribution in [0, 0.1) is 0 Å². The number of aliphatic carboxylic acids is 1. The molecular weight excluding hydrogens is 163 g/mol. The van der Waals surface area contributed by atoms with E-state index < -0.39 is 12.1 Å². The van der Waals surface area contributed by atoms with E-state index in [1.807, 2.05) is 6.07 Å². The molecule has 13 heavy (non-hydrogen) atoms. The van der Waals surface area contributed by atoms with Gasteiger partial charge in [-0.25, -0.2) is 4.79 Å². The standard InChI is InChI=1S/C9H10O3.Li.H/c1-7(9(10)11)12-8-5-3-2-4-6-8;;/h2-7H,1H3,(H,10,11);;/q;+1;-1. The summed E-state index contributed by atoms with van der Waals surface area (Å²) in [6.07, 6.45) is -0.799. The van der Waals surface area contributed by atoms with E-state index in [1.165, 1.54) is 6.92 Å². The van der Waals surface area contributed by atoms with E-state index in [4.69, 9.17) is 9.84 Å². The van der Waals surface area contributed by atoms with Crippen LogP contribution in [0.25, 0.3) is 0 Å². The molecule has 0 bridgehead atoms. The Balaban J connectivity index is 0. The van der Waals surface area contributed by atoms with Gasteiger partial charge in [0.2, 0.25) is 0 Å². The molecule has 0 aliphatic carbocycles. The van der Waals surface area contributed by atoms with Gasteiger partial charge in [-0.2, -0.15) is 0 Å². The molecule has 1 atom stereocenters. The third-order valence-corrected chi connectivity index (χ3v) is 1.40. The summed E-state index contributed by atoms with van der Waals surface area (Å²) in [4.78, 5) is 10.4. The number of hydrogen-bond donors (Lipinski definition) is 1. The van der Waals surface area contributed by atoms with E-state index in [1.54, 1.807) is 24.3 Å². The van der Waals surface area contributed by atoms with Gasteiger partial charge in [0.1, 0.15) is 5.75 Å². The maximum atomic E-state index is 10.4. The van der Waals surface area contributed by atoms with Crippen LogP contribution in [0.5, 0.6) is 5.75 Å². The second-order valence-corrected chi connectivity index (χ2v) is 2.41. The number of carbonyl (C=O) groups is 1. The van der Waals surface area contributed by atoms with Crippen molar-refractivity contribution in [1.82, 2.24) is 0 Å². The van der Waals surface area contributed by atoms with E-state index >= 15 is 0 Å². The van der Waals surface area contributed by atoms with Crippen molar-refractivity contribution in [3.63, 3.8) is 0 Å². The summed E-state index contributed by atoms with van der Waals surface area (Å²) in [5, 5.41) is 8.52. The smallest absolute Gasteiger partial charge is 1.00 e. The van der Waals surface area contributed by atoms with Crippen LogP contribution in [-0.2, 0) is 4.79 Å². The molecule has 0 spiro atoms. The van der Waals surface area contributed by atoms with E-state index in [-0.39, 0.29) is 20.3 Å². The number of carboxylic acid groups (broad SMARTS) is 1. The third-order valence-electron chi connectivity index (χ3n) is 1.40. The Hall–Kier alpha value is -0.913. The zero-order valence-corrected chi connectivity index (χ0v) is 7.73. The fraction of sp³-hybridized carbons (Fsp3) is 0.222. The number of benzene rings is 1. The van der Waals surface area contributed by atoms with Crippen LogP contribution in [0.3, 0.4) is 0 Å². The van der Waals surface area contributed by atoms with Gasteiger partial charge in [0.15, 0.2) is 6.10 Å². The number of hydrogen-bond acceptors (Lipinski definition) is 2. The van der Waals surface area contributed by atoms with Gasteiger partial charge < -0.3 is 11.3 Å². The molecule has 1 N–H and O–H groups in total. The van der Waals surface area contributed by atoms with Crippen molar-refractivity contribution >= 4 is 5.97 Å². The Morgan fingerprint density at radius 2 is 2.00 bits per heavy atom. The molecule has 0 fully saturated rings. The molecular formula is C9H11LiO3. The predicted octanol–water partition coefficient (Wildman–Crippen LogP) is -1.34. The van der Waals surface area contributed by atoms with Crippen LogP contribution in [0.2, 0.25) is 0 Å². The van der Waals surface area contributed by atoms with Gasteiger partial charge in [0.25, 0.3) is 0 Å². The fourth-order valence-corrected chi connectivity index (χ4v) is 0.754. The average molecular weight is 174 g/mol. The Bertz CT molecular complexity index is 266. The van der Waals surface area contributed by atoms with E-state index in [9.17, 15) is 4.79 Å². The third kappa shape index (κ3) is 4.02. The minimum Gasteiger partial charge on any atom is -1.00 e. The van der Waals surface area contributed by atoms with Gasteiger partial charge in [-0.05, 0) is 19.1 Å². The van der Waals surface area contributed by atoms with Gasteiger partial charge >= 0.3 is 24.8 Å². The van der Waals surface area contributed by atoms with E-state index in [0.29, 0.717) is 5.75 Å². The predicted molar refractivity (Wildman–Crippen MR) is 45.3 cm³/mol. The monoisotopic (exact) mass is 174 g/mol. The molecule has 1 unspecified atom stereocenters.